The van der Waals surface area contributed by atoms with Crippen molar-refractivity contribution in [3.8, 4) is 0 Å². The number of rotatable bonds is 4. The second-order valence-corrected chi connectivity index (χ2v) is 6.53. The summed E-state index contributed by atoms with van der Waals surface area (Å²) < 4.78 is 13.6. The Morgan fingerprint density at radius 3 is 2.44 bits per heavy atom. The van der Waals surface area contributed by atoms with Crippen LogP contribution in [0.3, 0.4) is 0 Å². The van der Waals surface area contributed by atoms with Crippen molar-refractivity contribution >= 4 is 11.6 Å². The number of aliphatic hydroxyl groups excluding tert-OH is 1. The van der Waals surface area contributed by atoms with Crippen LogP contribution >= 0.6 is 11.6 Å². The van der Waals surface area contributed by atoms with Gasteiger partial charge in [-0.15, -0.1) is 0 Å². The summed E-state index contributed by atoms with van der Waals surface area (Å²) >= 11 is 5.70. The van der Waals surface area contributed by atoms with Crippen molar-refractivity contribution in [3.63, 3.8) is 0 Å². The zero-order valence-electron chi connectivity index (χ0n) is 11.5. The summed E-state index contributed by atoms with van der Waals surface area (Å²) in [4.78, 5) is 0. The zero-order chi connectivity index (χ0) is 13.9. The molecule has 0 saturated heterocycles. The molecule has 0 radical (unpaired) electrons. The highest BCUT2D eigenvalue weighted by Crippen LogP contribution is 2.30. The van der Waals surface area contributed by atoms with E-state index in [1.807, 2.05) is 0 Å². The van der Waals surface area contributed by atoms with E-state index in [0.717, 1.165) is 0 Å². The largest absolute Gasteiger partial charge is 0.393 e. The van der Waals surface area contributed by atoms with Crippen LogP contribution < -0.4 is 0 Å². The van der Waals surface area contributed by atoms with Crippen molar-refractivity contribution < 1.29 is 9.50 Å². The smallest absolute Gasteiger partial charge is 0.127 e. The summed E-state index contributed by atoms with van der Waals surface area (Å²) in [5.74, 6) is 0.0350. The third kappa shape index (κ3) is 4.58. The molecule has 0 fully saturated rings. The maximum atomic E-state index is 13.6. The Morgan fingerprint density at radius 2 is 1.94 bits per heavy atom. The topological polar surface area (TPSA) is 20.2 Å². The fourth-order valence-electron chi connectivity index (χ4n) is 1.79. The van der Waals surface area contributed by atoms with E-state index in [1.165, 1.54) is 6.07 Å². The Kier molecular flexibility index (Phi) is 5.18. The fourth-order valence-corrected chi connectivity index (χ4v) is 1.94. The third-order valence-electron chi connectivity index (χ3n) is 3.57. The van der Waals surface area contributed by atoms with Crippen LogP contribution in [0, 0.1) is 17.2 Å². The molecule has 2 atom stereocenters. The molecule has 0 bridgehead atoms. The fraction of sp³-hybridized carbons (Fsp3) is 0.600. The van der Waals surface area contributed by atoms with Crippen molar-refractivity contribution in [3.05, 3.63) is 34.6 Å². The molecule has 3 heteroatoms. The van der Waals surface area contributed by atoms with Gasteiger partial charge in [0.1, 0.15) is 5.82 Å². The number of hydrogen-bond acceptors (Lipinski definition) is 1. The van der Waals surface area contributed by atoms with Gasteiger partial charge in [-0.1, -0.05) is 45.4 Å². The van der Waals surface area contributed by atoms with Gasteiger partial charge < -0.3 is 5.11 Å². The molecular formula is C15H22ClFO. The second kappa shape index (κ2) is 6.03. The van der Waals surface area contributed by atoms with E-state index in [0.29, 0.717) is 29.3 Å². The predicted molar refractivity (Wildman–Crippen MR) is 74.4 cm³/mol. The van der Waals surface area contributed by atoms with E-state index in [2.05, 4.69) is 27.7 Å². The van der Waals surface area contributed by atoms with Gasteiger partial charge in [-0.2, -0.15) is 0 Å². The first-order valence-corrected chi connectivity index (χ1v) is 6.70. The minimum Gasteiger partial charge on any atom is -0.393 e. The molecule has 0 saturated carbocycles. The summed E-state index contributed by atoms with van der Waals surface area (Å²) in [6.45, 7) is 8.55. The summed E-state index contributed by atoms with van der Waals surface area (Å²) in [6.07, 6.45) is 0.490. The predicted octanol–water partition coefficient (Wildman–Crippen LogP) is 4.45. The number of hydrogen-bond donors (Lipinski definition) is 1. The van der Waals surface area contributed by atoms with Gasteiger partial charge in [0.25, 0.3) is 0 Å². The molecule has 1 rings (SSSR count). The van der Waals surface area contributed by atoms with Crippen LogP contribution in [0.15, 0.2) is 18.2 Å². The average molecular weight is 273 g/mol. The lowest BCUT2D eigenvalue weighted by Gasteiger charge is -2.29. The molecule has 1 aromatic rings. The van der Waals surface area contributed by atoms with Gasteiger partial charge in [0.05, 0.1) is 6.10 Å². The minimum atomic E-state index is -0.519. The van der Waals surface area contributed by atoms with Gasteiger partial charge in [-0.25, -0.2) is 4.39 Å². The average Bonchev–Trinajstić information content (AvgIpc) is 2.20. The van der Waals surface area contributed by atoms with Gasteiger partial charge >= 0.3 is 0 Å². The number of benzene rings is 1. The highest BCUT2D eigenvalue weighted by molar-refractivity contribution is 6.30. The van der Waals surface area contributed by atoms with Gasteiger partial charge in [0.2, 0.25) is 0 Å². The summed E-state index contributed by atoms with van der Waals surface area (Å²) in [5, 5.41) is 10.4. The Hall–Kier alpha value is -0.600. The molecule has 1 N–H and O–H groups in total. The van der Waals surface area contributed by atoms with Crippen molar-refractivity contribution in [2.75, 3.05) is 0 Å². The normalized spacial score (nSPS) is 15.5. The van der Waals surface area contributed by atoms with E-state index >= 15 is 0 Å². The molecule has 0 aliphatic carbocycles. The standard InChI is InChI=1S/C15H22ClFO/c1-10(15(2,3)4)7-13(18)8-11-5-6-12(16)9-14(11)17/h5-6,9-10,13,18H,7-8H2,1-4H3. The lowest BCUT2D eigenvalue weighted by molar-refractivity contribution is 0.109. The van der Waals surface area contributed by atoms with Crippen LogP contribution in [0.4, 0.5) is 4.39 Å². The molecule has 0 aromatic heterocycles. The third-order valence-corrected chi connectivity index (χ3v) is 3.81. The molecule has 102 valence electrons. The van der Waals surface area contributed by atoms with Gasteiger partial charge in [0, 0.05) is 11.4 Å². The zero-order valence-corrected chi connectivity index (χ0v) is 12.3. The number of aliphatic hydroxyl groups is 1. The van der Waals surface area contributed by atoms with Crippen molar-refractivity contribution in [1.29, 1.82) is 0 Å². The SMILES string of the molecule is CC(CC(O)Cc1ccc(Cl)cc1F)C(C)(C)C. The first kappa shape index (κ1) is 15.5. The van der Waals surface area contributed by atoms with Crippen LogP contribution in [0.25, 0.3) is 0 Å². The highest BCUT2D eigenvalue weighted by Gasteiger charge is 2.23. The Morgan fingerprint density at radius 1 is 1.33 bits per heavy atom. The first-order chi connectivity index (χ1) is 8.20. The van der Waals surface area contributed by atoms with Gasteiger partial charge in [-0.05, 0) is 35.4 Å². The summed E-state index contributed by atoms with van der Waals surface area (Å²) in [7, 11) is 0. The molecule has 0 aliphatic rings. The van der Waals surface area contributed by atoms with E-state index in [1.54, 1.807) is 12.1 Å². The highest BCUT2D eigenvalue weighted by atomic mass is 35.5. The Bertz CT molecular complexity index is 398. The quantitative estimate of drug-likeness (QED) is 0.858. The first-order valence-electron chi connectivity index (χ1n) is 6.32. The van der Waals surface area contributed by atoms with Crippen molar-refractivity contribution in [2.45, 2.75) is 46.6 Å². The van der Waals surface area contributed by atoms with Crippen molar-refractivity contribution in [1.82, 2.24) is 0 Å². The molecule has 0 spiro atoms. The van der Waals surface area contributed by atoms with E-state index in [-0.39, 0.29) is 11.2 Å². The summed E-state index contributed by atoms with van der Waals surface area (Å²) in [5.41, 5.74) is 0.674. The maximum absolute atomic E-state index is 13.6. The second-order valence-electron chi connectivity index (χ2n) is 6.10. The molecule has 1 aromatic carbocycles. The Balaban J connectivity index is 2.62. The maximum Gasteiger partial charge on any atom is 0.127 e. The van der Waals surface area contributed by atoms with Crippen LogP contribution in [0.1, 0.15) is 39.7 Å². The van der Waals surface area contributed by atoms with Gasteiger partial charge in [0.15, 0.2) is 0 Å². The molecular weight excluding hydrogens is 251 g/mol. The van der Waals surface area contributed by atoms with Crippen LogP contribution in [-0.2, 0) is 6.42 Å². The van der Waals surface area contributed by atoms with Crippen molar-refractivity contribution in [2.24, 2.45) is 11.3 Å². The lowest BCUT2D eigenvalue weighted by atomic mass is 9.78. The molecule has 18 heavy (non-hydrogen) atoms. The Labute approximate surface area is 114 Å². The molecule has 0 heterocycles. The van der Waals surface area contributed by atoms with E-state index in [9.17, 15) is 9.50 Å². The molecule has 0 amide bonds. The van der Waals surface area contributed by atoms with E-state index in [4.69, 9.17) is 11.6 Å². The molecule has 2 unspecified atom stereocenters. The van der Waals surface area contributed by atoms with Crippen LogP contribution in [0.5, 0.6) is 0 Å². The summed E-state index contributed by atoms with van der Waals surface area (Å²) in [6, 6.07) is 4.58. The minimum absolute atomic E-state index is 0.152. The van der Waals surface area contributed by atoms with Crippen LogP contribution in [0.2, 0.25) is 5.02 Å². The molecule has 1 nitrogen and oxygen atoms in total. The molecule has 0 aliphatic heterocycles. The lowest BCUT2D eigenvalue weighted by Crippen LogP contribution is -2.24. The number of halogens is 2. The van der Waals surface area contributed by atoms with E-state index < -0.39 is 6.10 Å². The monoisotopic (exact) mass is 272 g/mol. The van der Waals surface area contributed by atoms with Gasteiger partial charge in [-0.3, -0.25) is 0 Å². The van der Waals surface area contributed by atoms with Crippen LogP contribution in [-0.4, -0.2) is 11.2 Å².